The zero-order valence-electron chi connectivity index (χ0n) is 10.4. The number of nitrogens with one attached hydrogen (secondary N) is 1. The van der Waals surface area contributed by atoms with Gasteiger partial charge in [-0.1, -0.05) is 12.2 Å². The van der Waals surface area contributed by atoms with Gasteiger partial charge >= 0.3 is 6.36 Å². The summed E-state index contributed by atoms with van der Waals surface area (Å²) in [4.78, 5) is -0.224. The molecule has 1 atom stereocenters. The highest BCUT2D eigenvalue weighted by atomic mass is 79.9. The summed E-state index contributed by atoms with van der Waals surface area (Å²) in [6, 6.07) is 3.22. The number of hydrogen-bond donors (Lipinski definition) is 2. The maximum absolute atomic E-state index is 12.1. The van der Waals surface area contributed by atoms with Crippen LogP contribution in [0.2, 0.25) is 0 Å². The Morgan fingerprint density at radius 2 is 2.05 bits per heavy atom. The first-order chi connectivity index (χ1) is 9.42. The van der Waals surface area contributed by atoms with Crippen molar-refractivity contribution < 1.29 is 26.3 Å². The van der Waals surface area contributed by atoms with Gasteiger partial charge in [-0.2, -0.15) is 0 Å². The molecule has 0 saturated heterocycles. The van der Waals surface area contributed by atoms with Crippen molar-refractivity contribution in [3.8, 4) is 5.75 Å². The molecule has 1 rings (SSSR count). The second kappa shape index (κ2) is 6.36. The average Bonchev–Trinajstić information content (AvgIpc) is 2.29. The summed E-state index contributed by atoms with van der Waals surface area (Å²) in [5, 5.41) is -1.13. The molecule has 0 spiro atoms. The molecule has 21 heavy (non-hydrogen) atoms. The second-order valence-electron chi connectivity index (χ2n) is 3.88. The van der Waals surface area contributed by atoms with Crippen LogP contribution in [0.4, 0.5) is 18.9 Å². The number of sulfonamides is 1. The predicted molar refractivity (Wildman–Crippen MR) is 79.6 cm³/mol. The van der Waals surface area contributed by atoms with Gasteiger partial charge in [0.1, 0.15) is 11.0 Å². The molecule has 0 amide bonds. The molecule has 11 heteroatoms. The number of nitrogens with two attached hydrogens (primary N) is 1. The fourth-order valence-corrected chi connectivity index (χ4v) is 2.96. The highest BCUT2D eigenvalue weighted by Crippen LogP contribution is 2.32. The molecule has 0 aliphatic rings. The normalized spacial score (nSPS) is 13.6. The SMILES string of the molecule is CC(C(N)=S)S(=O)(=O)Nc1ccc(OC(F)(F)F)c(Br)c1. The third-order valence-corrected chi connectivity index (χ3v) is 5.11. The van der Waals surface area contributed by atoms with Crippen molar-refractivity contribution in [1.29, 1.82) is 0 Å². The van der Waals surface area contributed by atoms with Crippen molar-refractivity contribution in [2.75, 3.05) is 4.72 Å². The fraction of sp³-hybridized carbons (Fsp3) is 0.300. The smallest absolute Gasteiger partial charge is 0.405 e. The van der Waals surface area contributed by atoms with Crippen molar-refractivity contribution in [2.24, 2.45) is 5.73 Å². The number of halogens is 4. The first kappa shape index (κ1) is 18.0. The first-order valence-corrected chi connectivity index (χ1v) is 8.03. The Morgan fingerprint density at radius 3 is 2.48 bits per heavy atom. The molecule has 0 bridgehead atoms. The van der Waals surface area contributed by atoms with Crippen LogP contribution < -0.4 is 15.2 Å². The molecular formula is C10H10BrF3N2O3S2. The van der Waals surface area contributed by atoms with Crippen molar-refractivity contribution in [3.63, 3.8) is 0 Å². The van der Waals surface area contributed by atoms with E-state index in [1.165, 1.54) is 6.92 Å². The first-order valence-electron chi connectivity index (χ1n) is 5.28. The van der Waals surface area contributed by atoms with Gasteiger partial charge in [-0.05, 0) is 41.1 Å². The number of anilines is 1. The molecule has 0 aliphatic heterocycles. The Balaban J connectivity index is 2.98. The zero-order valence-corrected chi connectivity index (χ0v) is 13.7. The minimum Gasteiger partial charge on any atom is -0.405 e. The van der Waals surface area contributed by atoms with Crippen LogP contribution in [-0.2, 0) is 10.0 Å². The summed E-state index contributed by atoms with van der Waals surface area (Å²) in [5.41, 5.74) is 5.30. The Morgan fingerprint density at radius 1 is 1.48 bits per heavy atom. The van der Waals surface area contributed by atoms with Gasteiger partial charge in [-0.15, -0.1) is 13.2 Å². The van der Waals surface area contributed by atoms with Gasteiger partial charge in [0.15, 0.2) is 0 Å². The molecule has 0 aliphatic carbocycles. The molecule has 5 nitrogen and oxygen atoms in total. The van der Waals surface area contributed by atoms with Crippen molar-refractivity contribution in [3.05, 3.63) is 22.7 Å². The Kier molecular flexibility index (Phi) is 5.45. The molecule has 118 valence electrons. The summed E-state index contributed by atoms with van der Waals surface area (Å²) < 4.78 is 65.9. The summed E-state index contributed by atoms with van der Waals surface area (Å²) in [5.74, 6) is -0.493. The topological polar surface area (TPSA) is 81.4 Å². The van der Waals surface area contributed by atoms with Gasteiger partial charge in [-0.3, -0.25) is 4.72 Å². The minimum absolute atomic E-state index is 0.0412. The van der Waals surface area contributed by atoms with Crippen molar-refractivity contribution >= 4 is 48.8 Å². The maximum Gasteiger partial charge on any atom is 0.573 e. The Labute approximate surface area is 132 Å². The molecule has 1 unspecified atom stereocenters. The van der Waals surface area contributed by atoms with Crippen LogP contribution in [-0.4, -0.2) is 25.0 Å². The van der Waals surface area contributed by atoms with Crippen LogP contribution in [0.1, 0.15) is 6.92 Å². The predicted octanol–water partition coefficient (Wildman–Crippen LogP) is 2.76. The summed E-state index contributed by atoms with van der Waals surface area (Å²) >= 11 is 7.46. The molecule has 1 aromatic carbocycles. The van der Waals surface area contributed by atoms with E-state index in [9.17, 15) is 21.6 Å². The summed E-state index contributed by atoms with van der Waals surface area (Å²) in [7, 11) is -3.88. The summed E-state index contributed by atoms with van der Waals surface area (Å²) in [6.45, 7) is 1.29. The van der Waals surface area contributed by atoms with Crippen LogP contribution in [0.15, 0.2) is 22.7 Å². The van der Waals surface area contributed by atoms with Gasteiger partial charge < -0.3 is 10.5 Å². The van der Waals surface area contributed by atoms with Gasteiger partial charge in [0, 0.05) is 5.69 Å². The molecule has 0 aromatic heterocycles. The van der Waals surface area contributed by atoms with Gasteiger partial charge in [-0.25, -0.2) is 8.42 Å². The molecule has 0 saturated carbocycles. The van der Waals surface area contributed by atoms with E-state index in [4.69, 9.17) is 5.73 Å². The van der Waals surface area contributed by atoms with E-state index in [-0.39, 0.29) is 15.1 Å². The van der Waals surface area contributed by atoms with E-state index < -0.39 is 27.4 Å². The quantitative estimate of drug-likeness (QED) is 0.734. The standard InChI is InChI=1S/C10H10BrF3N2O3S2/c1-5(9(15)20)21(17,18)16-6-2-3-8(7(11)4-6)19-10(12,13)14/h2-5,16H,1H3,(H2,15,20). The number of thiocarbonyl (C=S) groups is 1. The van der Waals surface area contributed by atoms with Crippen molar-refractivity contribution in [2.45, 2.75) is 18.5 Å². The highest BCUT2D eigenvalue weighted by molar-refractivity contribution is 9.10. The molecule has 0 heterocycles. The number of benzene rings is 1. The van der Waals surface area contributed by atoms with Crippen LogP contribution >= 0.6 is 28.1 Å². The number of ether oxygens (including phenoxy) is 1. The fourth-order valence-electron chi connectivity index (χ4n) is 1.18. The van der Waals surface area contributed by atoms with Crippen LogP contribution in [0.5, 0.6) is 5.75 Å². The van der Waals surface area contributed by atoms with Crippen LogP contribution in [0.3, 0.4) is 0 Å². The third-order valence-electron chi connectivity index (χ3n) is 2.28. The zero-order chi connectivity index (χ0) is 16.4. The van der Waals surface area contributed by atoms with Gasteiger partial charge in [0.25, 0.3) is 0 Å². The Hall–Kier alpha value is -1.07. The van der Waals surface area contributed by atoms with E-state index in [2.05, 4.69) is 37.6 Å². The minimum atomic E-state index is -4.84. The van der Waals surface area contributed by atoms with E-state index in [0.29, 0.717) is 0 Å². The van der Waals surface area contributed by atoms with Crippen molar-refractivity contribution in [1.82, 2.24) is 0 Å². The molecule has 3 N–H and O–H groups in total. The van der Waals surface area contributed by atoms with Gasteiger partial charge in [0.2, 0.25) is 10.0 Å². The van der Waals surface area contributed by atoms with Gasteiger partial charge in [0.05, 0.1) is 9.46 Å². The van der Waals surface area contributed by atoms with E-state index in [1.54, 1.807) is 0 Å². The lowest BCUT2D eigenvalue weighted by Crippen LogP contribution is -2.35. The van der Waals surface area contributed by atoms with E-state index in [0.717, 1.165) is 18.2 Å². The number of rotatable bonds is 5. The monoisotopic (exact) mass is 406 g/mol. The number of alkyl halides is 3. The number of hydrogen-bond acceptors (Lipinski definition) is 4. The van der Waals surface area contributed by atoms with Crippen LogP contribution in [0.25, 0.3) is 0 Å². The van der Waals surface area contributed by atoms with E-state index >= 15 is 0 Å². The van der Waals surface area contributed by atoms with E-state index in [1.807, 2.05) is 0 Å². The largest absolute Gasteiger partial charge is 0.573 e. The average molecular weight is 407 g/mol. The molecule has 0 radical (unpaired) electrons. The molecule has 1 aromatic rings. The maximum atomic E-state index is 12.1. The second-order valence-corrected chi connectivity index (χ2v) is 7.21. The van der Waals surface area contributed by atoms with Crippen LogP contribution in [0, 0.1) is 0 Å². The third kappa shape index (κ3) is 5.32. The molecule has 0 fully saturated rings. The lowest BCUT2D eigenvalue weighted by Gasteiger charge is -2.15. The lowest BCUT2D eigenvalue weighted by atomic mass is 10.3. The summed E-state index contributed by atoms with van der Waals surface area (Å²) in [6.07, 6.45) is -4.84. The lowest BCUT2D eigenvalue weighted by molar-refractivity contribution is -0.274. The Bertz CT molecular complexity index is 649. The molecular weight excluding hydrogens is 397 g/mol. The highest BCUT2D eigenvalue weighted by Gasteiger charge is 2.32.